The molecule has 0 saturated carbocycles. The summed E-state index contributed by atoms with van der Waals surface area (Å²) in [6, 6.07) is 1.50. The van der Waals surface area contributed by atoms with E-state index in [0.717, 1.165) is 5.69 Å². The second kappa shape index (κ2) is 5.17. The van der Waals surface area contributed by atoms with Gasteiger partial charge in [0.05, 0.1) is 0 Å². The van der Waals surface area contributed by atoms with Crippen LogP contribution >= 0.6 is 0 Å². The van der Waals surface area contributed by atoms with Crippen molar-refractivity contribution >= 4 is 0 Å². The largest absolute Gasteiger partial charge is 0.297 e. The van der Waals surface area contributed by atoms with Crippen LogP contribution in [-0.2, 0) is 6.54 Å². The zero-order valence-corrected chi connectivity index (χ0v) is 8.84. The van der Waals surface area contributed by atoms with E-state index in [0.29, 0.717) is 25.3 Å². The van der Waals surface area contributed by atoms with Crippen LogP contribution in [0.1, 0.15) is 17.9 Å². The molecule has 0 bridgehead atoms. The molecule has 15 heavy (non-hydrogen) atoms. The number of aryl methyl sites for hydroxylation is 2. The van der Waals surface area contributed by atoms with Crippen molar-refractivity contribution in [2.24, 2.45) is 5.11 Å². The van der Waals surface area contributed by atoms with Crippen LogP contribution in [0.2, 0.25) is 0 Å². The average molecular weight is 207 g/mol. The number of rotatable bonds is 4. The quantitative estimate of drug-likeness (QED) is 0.325. The van der Waals surface area contributed by atoms with Gasteiger partial charge in [-0.1, -0.05) is 5.11 Å². The molecule has 0 atom stereocenters. The van der Waals surface area contributed by atoms with E-state index in [1.807, 2.05) is 0 Å². The van der Waals surface area contributed by atoms with E-state index in [4.69, 9.17) is 5.53 Å². The number of azide groups is 1. The van der Waals surface area contributed by atoms with Crippen LogP contribution in [0, 0.1) is 13.8 Å². The molecule has 0 aliphatic heterocycles. The van der Waals surface area contributed by atoms with Crippen LogP contribution in [0.4, 0.5) is 0 Å². The summed E-state index contributed by atoms with van der Waals surface area (Å²) in [5.41, 5.74) is 8.76. The number of hydrogen-bond donors (Lipinski definition) is 0. The molecular weight excluding hydrogens is 194 g/mol. The lowest BCUT2D eigenvalue weighted by molar-refractivity contribution is 0.595. The summed E-state index contributed by atoms with van der Waals surface area (Å²) in [5, 5.41) is 3.41. The topological polar surface area (TPSA) is 83.7 Å². The molecule has 0 amide bonds. The third-order valence-corrected chi connectivity index (χ3v) is 2.03. The molecule has 0 N–H and O–H groups in total. The average Bonchev–Trinajstić information content (AvgIpc) is 2.15. The highest BCUT2D eigenvalue weighted by Crippen LogP contribution is 1.95. The van der Waals surface area contributed by atoms with Gasteiger partial charge in [0.25, 0.3) is 5.56 Å². The molecule has 1 heterocycles. The molecule has 0 radical (unpaired) electrons. The Kier molecular flexibility index (Phi) is 3.88. The SMILES string of the molecule is Cc1cc(=O)n(CCCN=[N+]=[N-])c(C)n1. The van der Waals surface area contributed by atoms with Gasteiger partial charge in [0, 0.05) is 29.8 Å². The summed E-state index contributed by atoms with van der Waals surface area (Å²) in [6.45, 7) is 4.52. The van der Waals surface area contributed by atoms with Gasteiger partial charge in [0.15, 0.2) is 0 Å². The van der Waals surface area contributed by atoms with Crippen LogP contribution in [0.5, 0.6) is 0 Å². The monoisotopic (exact) mass is 207 g/mol. The van der Waals surface area contributed by atoms with Crippen LogP contribution in [0.15, 0.2) is 16.0 Å². The maximum absolute atomic E-state index is 11.5. The molecule has 0 saturated heterocycles. The molecule has 1 rings (SSSR count). The van der Waals surface area contributed by atoms with Gasteiger partial charge in [-0.3, -0.25) is 9.36 Å². The summed E-state index contributed by atoms with van der Waals surface area (Å²) in [7, 11) is 0. The van der Waals surface area contributed by atoms with Gasteiger partial charge in [-0.15, -0.1) is 0 Å². The van der Waals surface area contributed by atoms with Gasteiger partial charge in [0.1, 0.15) is 5.82 Å². The second-order valence-electron chi connectivity index (χ2n) is 3.24. The Bertz CT molecular complexity index is 444. The molecular formula is C9H13N5O. The second-order valence-corrected chi connectivity index (χ2v) is 3.24. The predicted octanol–water partition coefficient (Wildman–Crippen LogP) is 1.56. The van der Waals surface area contributed by atoms with E-state index in [1.54, 1.807) is 18.4 Å². The van der Waals surface area contributed by atoms with E-state index >= 15 is 0 Å². The standard InChI is InChI=1S/C9H13N5O/c1-7-6-9(15)14(8(2)12-7)5-3-4-11-13-10/h6H,3-5H2,1-2H3. The number of hydrogen-bond acceptors (Lipinski definition) is 3. The van der Waals surface area contributed by atoms with E-state index in [-0.39, 0.29) is 5.56 Å². The molecule has 1 aromatic rings. The van der Waals surface area contributed by atoms with Crippen molar-refractivity contribution in [3.8, 4) is 0 Å². The van der Waals surface area contributed by atoms with E-state index in [9.17, 15) is 4.79 Å². The highest BCUT2D eigenvalue weighted by atomic mass is 16.1. The first-order valence-electron chi connectivity index (χ1n) is 4.71. The summed E-state index contributed by atoms with van der Waals surface area (Å²) >= 11 is 0. The third-order valence-electron chi connectivity index (χ3n) is 2.03. The maximum Gasteiger partial charge on any atom is 0.253 e. The Morgan fingerprint density at radius 1 is 1.60 bits per heavy atom. The van der Waals surface area contributed by atoms with Gasteiger partial charge in [-0.05, 0) is 25.8 Å². The minimum atomic E-state index is -0.0547. The van der Waals surface area contributed by atoms with Crippen LogP contribution in [0.25, 0.3) is 10.4 Å². The fourth-order valence-electron chi connectivity index (χ4n) is 1.38. The van der Waals surface area contributed by atoms with E-state index in [2.05, 4.69) is 15.0 Å². The van der Waals surface area contributed by atoms with Crippen molar-refractivity contribution in [3.05, 3.63) is 38.4 Å². The highest BCUT2D eigenvalue weighted by molar-refractivity contribution is 5.01. The Balaban J connectivity index is 2.77. The number of nitrogens with zero attached hydrogens (tertiary/aromatic N) is 5. The van der Waals surface area contributed by atoms with Crippen molar-refractivity contribution in [2.45, 2.75) is 26.8 Å². The molecule has 0 spiro atoms. The van der Waals surface area contributed by atoms with Crippen molar-refractivity contribution in [2.75, 3.05) is 6.54 Å². The van der Waals surface area contributed by atoms with Gasteiger partial charge in [0.2, 0.25) is 0 Å². The summed E-state index contributed by atoms with van der Waals surface area (Å²) in [5.74, 6) is 0.695. The zero-order chi connectivity index (χ0) is 11.3. The predicted molar refractivity (Wildman–Crippen MR) is 56.6 cm³/mol. The Morgan fingerprint density at radius 2 is 2.33 bits per heavy atom. The first kappa shape index (κ1) is 11.3. The minimum absolute atomic E-state index is 0.0547. The smallest absolute Gasteiger partial charge is 0.253 e. The van der Waals surface area contributed by atoms with Crippen molar-refractivity contribution in [1.29, 1.82) is 0 Å². The van der Waals surface area contributed by atoms with Gasteiger partial charge >= 0.3 is 0 Å². The lowest BCUT2D eigenvalue weighted by atomic mass is 10.3. The Morgan fingerprint density at radius 3 is 2.93 bits per heavy atom. The Labute approximate surface area is 87.2 Å². The molecule has 0 unspecified atom stereocenters. The first-order valence-corrected chi connectivity index (χ1v) is 4.71. The molecule has 0 aliphatic carbocycles. The first-order chi connectivity index (χ1) is 7.15. The van der Waals surface area contributed by atoms with Crippen LogP contribution < -0.4 is 5.56 Å². The lowest BCUT2D eigenvalue weighted by Gasteiger charge is -2.07. The van der Waals surface area contributed by atoms with Gasteiger partial charge in [-0.25, -0.2) is 4.98 Å². The normalized spacial score (nSPS) is 9.73. The summed E-state index contributed by atoms with van der Waals surface area (Å²) < 4.78 is 1.58. The van der Waals surface area contributed by atoms with Crippen LogP contribution in [0.3, 0.4) is 0 Å². The number of aromatic nitrogens is 2. The van der Waals surface area contributed by atoms with E-state index < -0.39 is 0 Å². The zero-order valence-electron chi connectivity index (χ0n) is 8.84. The van der Waals surface area contributed by atoms with Crippen LogP contribution in [-0.4, -0.2) is 16.1 Å². The molecule has 6 heteroatoms. The van der Waals surface area contributed by atoms with Crippen molar-refractivity contribution < 1.29 is 0 Å². The fraction of sp³-hybridized carbons (Fsp3) is 0.556. The van der Waals surface area contributed by atoms with Crippen molar-refractivity contribution in [1.82, 2.24) is 9.55 Å². The highest BCUT2D eigenvalue weighted by Gasteiger charge is 2.01. The molecule has 6 nitrogen and oxygen atoms in total. The molecule has 0 fully saturated rings. The summed E-state index contributed by atoms with van der Waals surface area (Å²) in [4.78, 5) is 18.4. The van der Waals surface area contributed by atoms with Gasteiger partial charge < -0.3 is 0 Å². The van der Waals surface area contributed by atoms with Gasteiger partial charge in [-0.2, -0.15) is 0 Å². The lowest BCUT2D eigenvalue weighted by Crippen LogP contribution is -2.23. The minimum Gasteiger partial charge on any atom is -0.297 e. The maximum atomic E-state index is 11.5. The van der Waals surface area contributed by atoms with E-state index in [1.165, 1.54) is 6.07 Å². The molecule has 80 valence electrons. The Hall–Kier alpha value is -1.81. The third kappa shape index (κ3) is 3.11. The summed E-state index contributed by atoms with van der Waals surface area (Å²) in [6.07, 6.45) is 0.648. The molecule has 0 aliphatic rings. The molecule has 0 aromatic carbocycles. The van der Waals surface area contributed by atoms with Crippen molar-refractivity contribution in [3.63, 3.8) is 0 Å². The molecule has 1 aromatic heterocycles. The fourth-order valence-corrected chi connectivity index (χ4v) is 1.38.